The molecule has 1 amide bonds. The number of amides is 1. The van der Waals surface area contributed by atoms with Gasteiger partial charge in [-0.2, -0.15) is 5.10 Å². The van der Waals surface area contributed by atoms with E-state index in [9.17, 15) is 4.79 Å². The lowest BCUT2D eigenvalue weighted by Crippen LogP contribution is -2.26. The van der Waals surface area contributed by atoms with Crippen molar-refractivity contribution in [3.63, 3.8) is 0 Å². The molecular formula is C18H18ClN3O. The molecule has 0 atom stereocenters. The van der Waals surface area contributed by atoms with Crippen LogP contribution < -0.4 is 5.32 Å². The molecule has 5 heteroatoms. The van der Waals surface area contributed by atoms with Crippen molar-refractivity contribution in [1.82, 2.24) is 15.1 Å². The van der Waals surface area contributed by atoms with Crippen molar-refractivity contribution in [2.75, 3.05) is 6.54 Å². The summed E-state index contributed by atoms with van der Waals surface area (Å²) in [4.78, 5) is 11.9. The number of carbonyl (C=O) groups excluding carboxylic acids is 1. The number of hydrogen-bond acceptors (Lipinski definition) is 2. The summed E-state index contributed by atoms with van der Waals surface area (Å²) in [7, 11) is 0. The van der Waals surface area contributed by atoms with E-state index in [0.29, 0.717) is 24.5 Å². The van der Waals surface area contributed by atoms with Gasteiger partial charge in [0.2, 0.25) is 5.91 Å². The second-order valence-corrected chi connectivity index (χ2v) is 5.84. The Bertz CT molecular complexity index is 798. The number of nitrogens with zero attached hydrogens (tertiary/aromatic N) is 2. The van der Waals surface area contributed by atoms with Crippen molar-refractivity contribution in [1.29, 1.82) is 0 Å². The summed E-state index contributed by atoms with van der Waals surface area (Å²) in [5, 5.41) is 8.94. The van der Waals surface area contributed by atoms with Crippen LogP contribution in [-0.2, 0) is 17.8 Å². The molecule has 4 nitrogen and oxygen atoms in total. The van der Waals surface area contributed by atoms with Gasteiger partial charge in [-0.05, 0) is 30.2 Å². The summed E-state index contributed by atoms with van der Waals surface area (Å²) in [6.07, 6.45) is 3.03. The molecule has 0 radical (unpaired) electrons. The topological polar surface area (TPSA) is 46.9 Å². The molecule has 2 aromatic carbocycles. The number of hydrogen-bond donors (Lipinski definition) is 1. The second kappa shape index (κ2) is 7.29. The molecule has 0 aliphatic carbocycles. The first-order valence-corrected chi connectivity index (χ1v) is 8.02. The molecular weight excluding hydrogens is 310 g/mol. The van der Waals surface area contributed by atoms with Crippen LogP contribution in [-0.4, -0.2) is 22.2 Å². The first-order chi connectivity index (χ1) is 11.2. The maximum absolute atomic E-state index is 11.9. The minimum Gasteiger partial charge on any atom is -0.356 e. The molecule has 3 aromatic rings. The molecule has 3 rings (SSSR count). The largest absolute Gasteiger partial charge is 0.356 e. The van der Waals surface area contributed by atoms with Gasteiger partial charge in [0.25, 0.3) is 0 Å². The Hall–Kier alpha value is -2.33. The standard InChI is InChI=1S/C18H18ClN3O/c19-16-6-7-17-15(12-16)13-21-22(17)11-9-18(23)20-10-8-14-4-2-1-3-5-14/h1-7,12-13H,8-11H2,(H,20,23). The van der Waals surface area contributed by atoms with Gasteiger partial charge in [0, 0.05) is 23.4 Å². The number of rotatable bonds is 6. The first kappa shape index (κ1) is 15.6. The number of aromatic nitrogens is 2. The van der Waals surface area contributed by atoms with Gasteiger partial charge in [-0.1, -0.05) is 41.9 Å². The molecule has 0 unspecified atom stereocenters. The highest BCUT2D eigenvalue weighted by molar-refractivity contribution is 6.31. The van der Waals surface area contributed by atoms with Crippen molar-refractivity contribution in [2.45, 2.75) is 19.4 Å². The highest BCUT2D eigenvalue weighted by atomic mass is 35.5. The van der Waals surface area contributed by atoms with Gasteiger partial charge >= 0.3 is 0 Å². The summed E-state index contributed by atoms with van der Waals surface area (Å²) >= 11 is 5.96. The van der Waals surface area contributed by atoms with Gasteiger partial charge in [0.05, 0.1) is 18.3 Å². The Kier molecular flexibility index (Phi) is 4.93. The molecule has 1 aromatic heterocycles. The predicted octanol–water partition coefficient (Wildman–Crippen LogP) is 3.44. The molecule has 0 saturated heterocycles. The highest BCUT2D eigenvalue weighted by Gasteiger charge is 2.06. The van der Waals surface area contributed by atoms with E-state index < -0.39 is 0 Å². The van der Waals surface area contributed by atoms with E-state index in [4.69, 9.17) is 11.6 Å². The molecule has 0 aliphatic rings. The maximum Gasteiger partial charge on any atom is 0.221 e. The SMILES string of the molecule is O=C(CCn1ncc2cc(Cl)ccc21)NCCc1ccccc1. The van der Waals surface area contributed by atoms with E-state index in [-0.39, 0.29) is 5.91 Å². The Morgan fingerprint density at radius 2 is 2.00 bits per heavy atom. The van der Waals surface area contributed by atoms with Crippen LogP contribution in [0.3, 0.4) is 0 Å². The van der Waals surface area contributed by atoms with Gasteiger partial charge in [0.15, 0.2) is 0 Å². The maximum atomic E-state index is 11.9. The van der Waals surface area contributed by atoms with Crippen LogP contribution in [0.2, 0.25) is 5.02 Å². The van der Waals surface area contributed by atoms with E-state index in [1.54, 1.807) is 6.20 Å². The van der Waals surface area contributed by atoms with Crippen molar-refractivity contribution in [3.05, 3.63) is 65.3 Å². The van der Waals surface area contributed by atoms with Crippen LogP contribution >= 0.6 is 11.6 Å². The molecule has 0 saturated carbocycles. The normalized spacial score (nSPS) is 10.8. The lowest BCUT2D eigenvalue weighted by Gasteiger charge is -2.06. The smallest absolute Gasteiger partial charge is 0.221 e. The first-order valence-electron chi connectivity index (χ1n) is 7.64. The summed E-state index contributed by atoms with van der Waals surface area (Å²) < 4.78 is 1.84. The fraction of sp³-hybridized carbons (Fsp3) is 0.222. The average Bonchev–Trinajstić information content (AvgIpc) is 2.96. The summed E-state index contributed by atoms with van der Waals surface area (Å²) in [6, 6.07) is 15.8. The summed E-state index contributed by atoms with van der Waals surface area (Å²) in [5.74, 6) is 0.0403. The zero-order chi connectivity index (χ0) is 16.1. The van der Waals surface area contributed by atoms with Crippen molar-refractivity contribution in [3.8, 4) is 0 Å². The second-order valence-electron chi connectivity index (χ2n) is 5.41. The highest BCUT2D eigenvalue weighted by Crippen LogP contribution is 2.19. The van der Waals surface area contributed by atoms with E-state index >= 15 is 0 Å². The third kappa shape index (κ3) is 4.11. The minimum absolute atomic E-state index is 0.0403. The number of halogens is 1. The molecule has 118 valence electrons. The number of nitrogens with one attached hydrogen (secondary N) is 1. The number of fused-ring (bicyclic) bond motifs is 1. The number of aryl methyl sites for hydroxylation is 1. The molecule has 1 heterocycles. The van der Waals surface area contributed by atoms with Crippen LogP contribution in [0.1, 0.15) is 12.0 Å². The lowest BCUT2D eigenvalue weighted by molar-refractivity contribution is -0.121. The fourth-order valence-corrected chi connectivity index (χ4v) is 2.70. The fourth-order valence-electron chi connectivity index (χ4n) is 2.52. The number of benzene rings is 2. The molecule has 23 heavy (non-hydrogen) atoms. The van der Waals surface area contributed by atoms with Crippen LogP contribution in [0.4, 0.5) is 0 Å². The summed E-state index contributed by atoms with van der Waals surface area (Å²) in [6.45, 7) is 1.21. The third-order valence-corrected chi connectivity index (χ3v) is 3.97. The third-order valence-electron chi connectivity index (χ3n) is 3.73. The van der Waals surface area contributed by atoms with Gasteiger partial charge in [-0.3, -0.25) is 9.48 Å². The van der Waals surface area contributed by atoms with Crippen LogP contribution in [0, 0.1) is 0 Å². The van der Waals surface area contributed by atoms with Gasteiger partial charge in [-0.25, -0.2) is 0 Å². The molecule has 0 spiro atoms. The Balaban J connectivity index is 1.48. The monoisotopic (exact) mass is 327 g/mol. The van der Waals surface area contributed by atoms with Crippen LogP contribution in [0.15, 0.2) is 54.7 Å². The molecule has 1 N–H and O–H groups in total. The minimum atomic E-state index is 0.0403. The van der Waals surface area contributed by atoms with Gasteiger partial charge in [0.1, 0.15) is 0 Å². The van der Waals surface area contributed by atoms with Gasteiger partial charge in [-0.15, -0.1) is 0 Å². The summed E-state index contributed by atoms with van der Waals surface area (Å²) in [5.41, 5.74) is 2.22. The Morgan fingerprint density at radius 1 is 1.17 bits per heavy atom. The molecule has 0 bridgehead atoms. The number of carbonyl (C=O) groups is 1. The van der Waals surface area contributed by atoms with E-state index in [1.165, 1.54) is 5.56 Å². The predicted molar refractivity (Wildman–Crippen MR) is 92.5 cm³/mol. The van der Waals surface area contributed by atoms with E-state index in [2.05, 4.69) is 22.5 Å². The van der Waals surface area contributed by atoms with Crippen molar-refractivity contribution >= 4 is 28.4 Å². The zero-order valence-electron chi connectivity index (χ0n) is 12.7. The Labute approximate surface area is 140 Å². The van der Waals surface area contributed by atoms with Gasteiger partial charge < -0.3 is 5.32 Å². The lowest BCUT2D eigenvalue weighted by atomic mass is 10.1. The average molecular weight is 328 g/mol. The zero-order valence-corrected chi connectivity index (χ0v) is 13.5. The van der Waals surface area contributed by atoms with Crippen molar-refractivity contribution in [2.24, 2.45) is 0 Å². The molecule has 0 aliphatic heterocycles. The van der Waals surface area contributed by atoms with Crippen molar-refractivity contribution < 1.29 is 4.79 Å². The van der Waals surface area contributed by atoms with E-state index in [0.717, 1.165) is 17.3 Å². The quantitative estimate of drug-likeness (QED) is 0.754. The Morgan fingerprint density at radius 3 is 2.83 bits per heavy atom. The molecule has 0 fully saturated rings. The van der Waals surface area contributed by atoms with E-state index in [1.807, 2.05) is 41.1 Å². The van der Waals surface area contributed by atoms with Crippen LogP contribution in [0.25, 0.3) is 10.9 Å². The van der Waals surface area contributed by atoms with Crippen LogP contribution in [0.5, 0.6) is 0 Å².